The predicted molar refractivity (Wildman–Crippen MR) is 80.2 cm³/mol. The van der Waals surface area contributed by atoms with Crippen LogP contribution in [0.2, 0.25) is 0 Å². The van der Waals surface area contributed by atoms with Gasteiger partial charge in [-0.05, 0) is 41.3 Å². The third-order valence-electron chi connectivity index (χ3n) is 3.19. The second-order valence-electron chi connectivity index (χ2n) is 5.14. The first-order valence-corrected chi connectivity index (χ1v) is 7.40. The monoisotopic (exact) mass is 259 g/mol. The first kappa shape index (κ1) is 13.3. The second-order valence-corrected chi connectivity index (χ2v) is 6.18. The highest BCUT2D eigenvalue weighted by Gasteiger charge is 2.07. The van der Waals surface area contributed by atoms with Crippen LogP contribution in [0.1, 0.15) is 35.8 Å². The molecule has 1 nitrogen and oxygen atoms in total. The standard InChI is InChI=1S/C16H21NS/c1-12(2)14-7-5-13(6-8-14)10-15(17)11-16-4-3-9-18-16/h3-9,12,15H,10-11,17H2,1-2H3. The van der Waals surface area contributed by atoms with Gasteiger partial charge in [-0.25, -0.2) is 0 Å². The van der Waals surface area contributed by atoms with Gasteiger partial charge in [0.1, 0.15) is 0 Å². The largest absolute Gasteiger partial charge is 0.327 e. The van der Waals surface area contributed by atoms with E-state index in [9.17, 15) is 0 Å². The highest BCUT2D eigenvalue weighted by molar-refractivity contribution is 7.09. The number of hydrogen-bond acceptors (Lipinski definition) is 2. The van der Waals surface area contributed by atoms with Gasteiger partial charge in [0.2, 0.25) is 0 Å². The lowest BCUT2D eigenvalue weighted by Crippen LogP contribution is -2.25. The molecule has 0 amide bonds. The minimum Gasteiger partial charge on any atom is -0.327 e. The summed E-state index contributed by atoms with van der Waals surface area (Å²) >= 11 is 1.79. The van der Waals surface area contributed by atoms with E-state index in [-0.39, 0.29) is 6.04 Å². The van der Waals surface area contributed by atoms with Crippen molar-refractivity contribution in [2.75, 3.05) is 0 Å². The summed E-state index contributed by atoms with van der Waals surface area (Å²) in [5.41, 5.74) is 8.93. The van der Waals surface area contributed by atoms with Crippen LogP contribution in [0.3, 0.4) is 0 Å². The van der Waals surface area contributed by atoms with Crippen LogP contribution in [0.25, 0.3) is 0 Å². The molecule has 1 heterocycles. The molecule has 0 saturated carbocycles. The summed E-state index contributed by atoms with van der Waals surface area (Å²) in [6.07, 6.45) is 1.93. The SMILES string of the molecule is CC(C)c1ccc(CC(N)Cc2cccs2)cc1. The van der Waals surface area contributed by atoms with Crippen molar-refractivity contribution in [3.05, 3.63) is 57.8 Å². The summed E-state index contributed by atoms with van der Waals surface area (Å²) in [7, 11) is 0. The Bertz CT molecular complexity index is 456. The van der Waals surface area contributed by atoms with Gasteiger partial charge in [0.25, 0.3) is 0 Å². The molecule has 0 aliphatic carbocycles. The molecule has 1 unspecified atom stereocenters. The van der Waals surface area contributed by atoms with Gasteiger partial charge in [-0.15, -0.1) is 11.3 Å². The van der Waals surface area contributed by atoms with Crippen molar-refractivity contribution in [1.82, 2.24) is 0 Å². The van der Waals surface area contributed by atoms with Gasteiger partial charge in [0.05, 0.1) is 0 Å². The molecule has 0 bridgehead atoms. The third kappa shape index (κ3) is 3.69. The molecule has 18 heavy (non-hydrogen) atoms. The van der Waals surface area contributed by atoms with E-state index < -0.39 is 0 Å². The van der Waals surface area contributed by atoms with Crippen molar-refractivity contribution in [3.63, 3.8) is 0 Å². The predicted octanol–water partition coefficient (Wildman–Crippen LogP) is 3.98. The number of thiophene rings is 1. The van der Waals surface area contributed by atoms with E-state index in [0.717, 1.165) is 12.8 Å². The van der Waals surface area contributed by atoms with Crippen LogP contribution in [0.5, 0.6) is 0 Å². The van der Waals surface area contributed by atoms with Crippen LogP contribution in [0.15, 0.2) is 41.8 Å². The lowest BCUT2D eigenvalue weighted by Gasteiger charge is -2.12. The average Bonchev–Trinajstić information content (AvgIpc) is 2.82. The fourth-order valence-corrected chi connectivity index (χ4v) is 2.90. The van der Waals surface area contributed by atoms with Gasteiger partial charge in [-0.2, -0.15) is 0 Å². The molecule has 0 saturated heterocycles. The Hall–Kier alpha value is -1.12. The van der Waals surface area contributed by atoms with E-state index in [1.54, 1.807) is 11.3 Å². The first-order valence-electron chi connectivity index (χ1n) is 6.52. The summed E-state index contributed by atoms with van der Waals surface area (Å²) in [5, 5.41) is 2.11. The van der Waals surface area contributed by atoms with Crippen LogP contribution in [0.4, 0.5) is 0 Å². The molecule has 0 radical (unpaired) electrons. The number of hydrogen-bond donors (Lipinski definition) is 1. The molecule has 1 aromatic carbocycles. The summed E-state index contributed by atoms with van der Waals surface area (Å²) < 4.78 is 0. The van der Waals surface area contributed by atoms with Crippen molar-refractivity contribution in [2.45, 2.75) is 38.6 Å². The fourth-order valence-electron chi connectivity index (χ4n) is 2.10. The Kier molecular flexibility index (Phi) is 4.56. The number of benzene rings is 1. The molecular weight excluding hydrogens is 238 g/mol. The van der Waals surface area contributed by atoms with E-state index >= 15 is 0 Å². The maximum atomic E-state index is 6.20. The van der Waals surface area contributed by atoms with E-state index in [1.165, 1.54) is 16.0 Å². The normalized spacial score (nSPS) is 12.9. The van der Waals surface area contributed by atoms with Gasteiger partial charge in [0.15, 0.2) is 0 Å². The van der Waals surface area contributed by atoms with Crippen molar-refractivity contribution >= 4 is 11.3 Å². The minimum absolute atomic E-state index is 0.216. The molecule has 2 heteroatoms. The second kappa shape index (κ2) is 6.17. The Morgan fingerprint density at radius 3 is 2.33 bits per heavy atom. The Balaban J connectivity index is 1.92. The smallest absolute Gasteiger partial charge is 0.0128 e. The molecule has 0 aliphatic rings. The van der Waals surface area contributed by atoms with Gasteiger partial charge in [-0.3, -0.25) is 0 Å². The Morgan fingerprint density at radius 2 is 1.78 bits per heavy atom. The summed E-state index contributed by atoms with van der Waals surface area (Å²) in [5.74, 6) is 0.596. The van der Waals surface area contributed by atoms with Crippen molar-refractivity contribution in [3.8, 4) is 0 Å². The lowest BCUT2D eigenvalue weighted by molar-refractivity contribution is 0.670. The molecule has 2 rings (SSSR count). The maximum Gasteiger partial charge on any atom is 0.0128 e. The van der Waals surface area contributed by atoms with Crippen LogP contribution in [0, 0.1) is 0 Å². The Labute approximate surface area is 114 Å². The summed E-state index contributed by atoms with van der Waals surface area (Å²) in [6, 6.07) is 13.3. The first-order chi connectivity index (χ1) is 8.65. The van der Waals surface area contributed by atoms with Gasteiger partial charge in [-0.1, -0.05) is 44.2 Å². The lowest BCUT2D eigenvalue weighted by atomic mass is 9.98. The summed E-state index contributed by atoms with van der Waals surface area (Å²) in [4.78, 5) is 1.38. The quantitative estimate of drug-likeness (QED) is 0.863. The van der Waals surface area contributed by atoms with E-state index in [4.69, 9.17) is 5.73 Å². The van der Waals surface area contributed by atoms with Gasteiger partial charge >= 0.3 is 0 Å². The van der Waals surface area contributed by atoms with Crippen LogP contribution >= 0.6 is 11.3 Å². The van der Waals surface area contributed by atoms with Gasteiger partial charge < -0.3 is 5.73 Å². The fraction of sp³-hybridized carbons (Fsp3) is 0.375. The van der Waals surface area contributed by atoms with Crippen molar-refractivity contribution < 1.29 is 0 Å². The minimum atomic E-state index is 0.216. The highest BCUT2D eigenvalue weighted by atomic mass is 32.1. The molecule has 0 spiro atoms. The molecule has 2 N–H and O–H groups in total. The zero-order valence-corrected chi connectivity index (χ0v) is 11.9. The molecule has 1 atom stereocenters. The molecule has 0 aliphatic heterocycles. The number of rotatable bonds is 5. The third-order valence-corrected chi connectivity index (χ3v) is 4.09. The highest BCUT2D eigenvalue weighted by Crippen LogP contribution is 2.16. The number of nitrogens with two attached hydrogens (primary N) is 1. The van der Waals surface area contributed by atoms with E-state index in [1.807, 2.05) is 0 Å². The summed E-state index contributed by atoms with van der Waals surface area (Å²) in [6.45, 7) is 4.44. The average molecular weight is 259 g/mol. The topological polar surface area (TPSA) is 26.0 Å². The van der Waals surface area contributed by atoms with E-state index in [0.29, 0.717) is 5.92 Å². The molecule has 0 fully saturated rings. The van der Waals surface area contributed by atoms with Gasteiger partial charge in [0, 0.05) is 10.9 Å². The molecule has 96 valence electrons. The van der Waals surface area contributed by atoms with Crippen LogP contribution in [-0.2, 0) is 12.8 Å². The molecule has 2 aromatic rings. The van der Waals surface area contributed by atoms with Crippen LogP contribution in [-0.4, -0.2) is 6.04 Å². The maximum absolute atomic E-state index is 6.20. The van der Waals surface area contributed by atoms with Crippen molar-refractivity contribution in [1.29, 1.82) is 0 Å². The molecule has 1 aromatic heterocycles. The zero-order valence-electron chi connectivity index (χ0n) is 11.1. The van der Waals surface area contributed by atoms with E-state index in [2.05, 4.69) is 55.6 Å². The van der Waals surface area contributed by atoms with Crippen molar-refractivity contribution in [2.24, 2.45) is 5.73 Å². The Morgan fingerprint density at radius 1 is 1.06 bits per heavy atom. The van der Waals surface area contributed by atoms with Crippen LogP contribution < -0.4 is 5.73 Å². The zero-order chi connectivity index (χ0) is 13.0. The molecular formula is C16H21NS.